The Morgan fingerprint density at radius 1 is 1.21 bits per heavy atom. The Morgan fingerprint density at radius 3 is 2.70 bits per heavy atom. The zero-order valence-electron chi connectivity index (χ0n) is 18.1. The summed E-state index contributed by atoms with van der Waals surface area (Å²) in [6.07, 6.45) is 6.71. The van der Waals surface area contributed by atoms with Crippen LogP contribution in [-0.2, 0) is 10.2 Å². The fourth-order valence-corrected chi connectivity index (χ4v) is 5.55. The predicted octanol–water partition coefficient (Wildman–Crippen LogP) is 3.29. The zero-order chi connectivity index (χ0) is 23.2. The van der Waals surface area contributed by atoms with Gasteiger partial charge in [0.05, 0.1) is 22.2 Å². The summed E-state index contributed by atoms with van der Waals surface area (Å²) in [4.78, 5) is 24.8. The molecule has 11 heteroatoms. The van der Waals surface area contributed by atoms with E-state index in [1.807, 2.05) is 0 Å². The first-order valence-corrected chi connectivity index (χ1v) is 12.5. The second-order valence-electron chi connectivity index (χ2n) is 8.63. The van der Waals surface area contributed by atoms with Crippen LogP contribution >= 0.6 is 0 Å². The van der Waals surface area contributed by atoms with Gasteiger partial charge in [-0.05, 0) is 50.7 Å². The molecule has 9 nitrogen and oxygen atoms in total. The van der Waals surface area contributed by atoms with E-state index in [-0.39, 0.29) is 22.9 Å². The number of anilines is 2. The third-order valence-corrected chi connectivity index (χ3v) is 7.82. The number of halogens is 1. The number of hydrogen-bond acceptors (Lipinski definition) is 6. The van der Waals surface area contributed by atoms with Gasteiger partial charge in [-0.3, -0.25) is 9.52 Å². The summed E-state index contributed by atoms with van der Waals surface area (Å²) in [7, 11) is -3.89. The number of rotatable bonds is 8. The average molecular weight is 473 g/mol. The molecular formula is C22H25FN6O3S. The van der Waals surface area contributed by atoms with Crippen LogP contribution in [0.4, 0.5) is 15.9 Å². The molecule has 1 saturated carbocycles. The van der Waals surface area contributed by atoms with Crippen LogP contribution in [0.2, 0.25) is 0 Å². The minimum atomic E-state index is -3.89. The topological polar surface area (TPSA) is 120 Å². The van der Waals surface area contributed by atoms with Gasteiger partial charge in [0, 0.05) is 25.3 Å². The van der Waals surface area contributed by atoms with Crippen LogP contribution in [-0.4, -0.2) is 52.6 Å². The minimum Gasteiger partial charge on any atom is -0.367 e. The van der Waals surface area contributed by atoms with Crippen LogP contribution in [0.5, 0.6) is 0 Å². The molecule has 1 aromatic carbocycles. The van der Waals surface area contributed by atoms with Crippen LogP contribution in [0, 0.1) is 11.7 Å². The first-order valence-electron chi connectivity index (χ1n) is 11.0. The van der Waals surface area contributed by atoms with E-state index < -0.39 is 21.8 Å². The molecular weight excluding hydrogens is 447 g/mol. The molecule has 0 amide bonds. The molecule has 1 saturated heterocycles. The molecule has 174 valence electrons. The number of fused-ring (bicyclic) bond motifs is 1. The molecule has 2 aromatic heterocycles. The van der Waals surface area contributed by atoms with Crippen LogP contribution < -0.4 is 10.0 Å². The maximum atomic E-state index is 15.3. The van der Waals surface area contributed by atoms with Crippen LogP contribution in [0.3, 0.4) is 0 Å². The van der Waals surface area contributed by atoms with E-state index in [4.69, 9.17) is 0 Å². The molecule has 0 radical (unpaired) electrons. The van der Waals surface area contributed by atoms with E-state index in [1.54, 1.807) is 0 Å². The lowest BCUT2D eigenvalue weighted by Gasteiger charge is -2.18. The number of aromatic amines is 1. The van der Waals surface area contributed by atoms with Crippen LogP contribution in [0.1, 0.15) is 48.5 Å². The van der Waals surface area contributed by atoms with E-state index in [9.17, 15) is 13.2 Å². The summed E-state index contributed by atoms with van der Waals surface area (Å²) in [6.45, 7) is 2.84. The normalized spacial score (nSPS) is 17.9. The highest BCUT2D eigenvalue weighted by Gasteiger charge is 2.30. The van der Waals surface area contributed by atoms with Crippen LogP contribution in [0.25, 0.3) is 11.0 Å². The van der Waals surface area contributed by atoms with Crippen molar-refractivity contribution in [1.29, 1.82) is 0 Å². The molecule has 2 fully saturated rings. The lowest BCUT2D eigenvalue weighted by Crippen LogP contribution is -2.33. The van der Waals surface area contributed by atoms with Crippen molar-refractivity contribution in [3.05, 3.63) is 47.7 Å². The van der Waals surface area contributed by atoms with Gasteiger partial charge in [-0.1, -0.05) is 6.07 Å². The van der Waals surface area contributed by atoms with Gasteiger partial charge in [0.1, 0.15) is 17.8 Å². The van der Waals surface area contributed by atoms with Gasteiger partial charge >= 0.3 is 10.2 Å². The first kappa shape index (κ1) is 21.8. The van der Waals surface area contributed by atoms with Gasteiger partial charge in [0.2, 0.25) is 0 Å². The maximum absolute atomic E-state index is 15.3. The van der Waals surface area contributed by atoms with E-state index in [0.29, 0.717) is 35.9 Å². The smallest absolute Gasteiger partial charge is 0.301 e. The van der Waals surface area contributed by atoms with E-state index in [2.05, 4.69) is 31.9 Å². The fourth-order valence-electron chi connectivity index (χ4n) is 4.24. The van der Waals surface area contributed by atoms with Crippen molar-refractivity contribution in [2.75, 3.05) is 23.1 Å². The number of ketones is 1. The second kappa shape index (κ2) is 8.38. The molecule has 1 aliphatic carbocycles. The number of carbonyl (C=O) groups excluding carboxylic acids is 1. The van der Waals surface area contributed by atoms with E-state index in [0.717, 1.165) is 25.7 Å². The Hall–Kier alpha value is -3.05. The number of aromatic nitrogens is 3. The predicted molar refractivity (Wildman–Crippen MR) is 123 cm³/mol. The number of H-pyrrole nitrogens is 1. The van der Waals surface area contributed by atoms with Crippen molar-refractivity contribution in [3.63, 3.8) is 0 Å². The highest BCUT2D eigenvalue weighted by molar-refractivity contribution is 7.90. The standard InChI is InChI=1S/C22H25FN6O3S/c1-13(14-7-8-14)27-22-18-16(11-24-21(18)25-12-26-22)20(30)15-5-4-6-17(19(15)23)28-33(31,32)29-9-2-3-10-29/h4-6,11-14,28H,2-3,7-10H2,1H3,(H2,24,25,26,27)/t13-/m1/s1. The number of nitrogens with one attached hydrogen (secondary N) is 3. The van der Waals surface area contributed by atoms with Gasteiger partial charge in [-0.2, -0.15) is 12.7 Å². The van der Waals surface area contributed by atoms with Crippen LogP contribution in [0.15, 0.2) is 30.7 Å². The lowest BCUT2D eigenvalue weighted by molar-refractivity contribution is 0.103. The molecule has 1 atom stereocenters. The van der Waals surface area contributed by atoms with Crippen molar-refractivity contribution in [3.8, 4) is 0 Å². The van der Waals surface area contributed by atoms with Gasteiger partial charge in [0.15, 0.2) is 11.6 Å². The number of hydrogen-bond donors (Lipinski definition) is 3. The Labute approximate surface area is 191 Å². The van der Waals surface area contributed by atoms with Gasteiger partial charge in [-0.15, -0.1) is 0 Å². The summed E-state index contributed by atoms with van der Waals surface area (Å²) in [6, 6.07) is 4.29. The van der Waals surface area contributed by atoms with Gasteiger partial charge in [0.25, 0.3) is 0 Å². The minimum absolute atomic E-state index is 0.181. The molecule has 1 aliphatic heterocycles. The molecule has 0 bridgehead atoms. The summed E-state index contributed by atoms with van der Waals surface area (Å²) < 4.78 is 44.1. The van der Waals surface area contributed by atoms with Crippen molar-refractivity contribution < 1.29 is 17.6 Å². The van der Waals surface area contributed by atoms with Gasteiger partial charge in [-0.25, -0.2) is 14.4 Å². The Balaban J connectivity index is 1.48. The molecule has 0 spiro atoms. The van der Waals surface area contributed by atoms with Gasteiger partial charge < -0.3 is 10.3 Å². The quantitative estimate of drug-likeness (QED) is 0.433. The maximum Gasteiger partial charge on any atom is 0.301 e. The number of nitrogens with zero attached hydrogens (tertiary/aromatic N) is 3. The SMILES string of the molecule is C[C@@H](Nc1ncnc2[nH]cc(C(=O)c3cccc(NS(=O)(=O)N4CCCC4)c3F)c12)C1CC1. The molecule has 33 heavy (non-hydrogen) atoms. The summed E-state index contributed by atoms with van der Waals surface area (Å²) >= 11 is 0. The molecule has 5 rings (SSSR count). The van der Waals surface area contributed by atoms with Crippen molar-refractivity contribution in [2.45, 2.75) is 38.6 Å². The Kier molecular flexibility index (Phi) is 5.53. The van der Waals surface area contributed by atoms with Crippen molar-refractivity contribution in [2.24, 2.45) is 5.92 Å². The number of benzene rings is 1. The molecule has 3 N–H and O–H groups in total. The monoisotopic (exact) mass is 472 g/mol. The molecule has 0 unspecified atom stereocenters. The number of carbonyl (C=O) groups is 1. The average Bonchev–Trinajstić information content (AvgIpc) is 3.30. The lowest BCUT2D eigenvalue weighted by atomic mass is 10.0. The summed E-state index contributed by atoms with van der Waals surface area (Å²) in [5.74, 6) is -0.434. The van der Waals surface area contributed by atoms with E-state index >= 15 is 4.39 Å². The zero-order valence-corrected chi connectivity index (χ0v) is 19.0. The Bertz CT molecular complexity index is 1310. The summed E-state index contributed by atoms with van der Waals surface area (Å²) in [5.41, 5.74) is 0.187. The largest absolute Gasteiger partial charge is 0.367 e. The highest BCUT2D eigenvalue weighted by Crippen LogP contribution is 2.35. The first-order chi connectivity index (χ1) is 15.8. The summed E-state index contributed by atoms with van der Waals surface area (Å²) in [5, 5.41) is 3.84. The third kappa shape index (κ3) is 4.18. The van der Waals surface area contributed by atoms with Crippen molar-refractivity contribution in [1.82, 2.24) is 19.3 Å². The Morgan fingerprint density at radius 2 is 1.97 bits per heavy atom. The second-order valence-corrected chi connectivity index (χ2v) is 10.3. The highest BCUT2D eigenvalue weighted by atomic mass is 32.2. The molecule has 2 aliphatic rings. The molecule has 3 aromatic rings. The van der Waals surface area contributed by atoms with E-state index in [1.165, 1.54) is 35.0 Å². The third-order valence-electron chi connectivity index (χ3n) is 6.30. The fraction of sp³-hybridized carbons (Fsp3) is 0.409. The van der Waals surface area contributed by atoms with Crippen molar-refractivity contribution >= 4 is 38.5 Å². The molecule has 3 heterocycles.